The molecule has 0 atom stereocenters. The topological polar surface area (TPSA) is 55.4 Å². The molecule has 0 aliphatic heterocycles. The van der Waals surface area contributed by atoms with Gasteiger partial charge in [0.1, 0.15) is 0 Å². The van der Waals surface area contributed by atoms with Crippen molar-refractivity contribution in [2.24, 2.45) is 0 Å². The van der Waals surface area contributed by atoms with Gasteiger partial charge in [-0.3, -0.25) is 9.59 Å². The second kappa shape index (κ2) is 9.75. The Kier molecular flexibility index (Phi) is 7.87. The molecule has 0 saturated heterocycles. The number of nitrogens with one attached hydrogen (secondary N) is 1. The van der Waals surface area contributed by atoms with Crippen LogP contribution >= 0.6 is 0 Å². The van der Waals surface area contributed by atoms with Crippen LogP contribution in [0.1, 0.15) is 38.2 Å². The molecule has 0 saturated carbocycles. The Labute approximate surface area is 126 Å². The Morgan fingerprint density at radius 2 is 1.86 bits per heavy atom. The molecule has 1 amide bonds. The molecule has 4 heteroatoms. The van der Waals surface area contributed by atoms with Crippen molar-refractivity contribution in [3.8, 4) is 0 Å². The average molecular weight is 289 g/mol. The van der Waals surface area contributed by atoms with E-state index in [1.54, 1.807) is 6.08 Å². The van der Waals surface area contributed by atoms with Crippen LogP contribution in [0.15, 0.2) is 36.4 Å². The Morgan fingerprint density at radius 1 is 1.14 bits per heavy atom. The Bertz CT molecular complexity index is 480. The highest BCUT2D eigenvalue weighted by Gasteiger charge is 2.01. The van der Waals surface area contributed by atoms with Gasteiger partial charge in [-0.2, -0.15) is 0 Å². The van der Waals surface area contributed by atoms with Gasteiger partial charge < -0.3 is 10.1 Å². The second-order valence-corrected chi connectivity index (χ2v) is 4.87. The SMILES string of the molecule is COC(=O)CCCCCNC(=O)C=C(C)c1ccccc1. The molecule has 0 unspecified atom stereocenters. The lowest BCUT2D eigenvalue weighted by Crippen LogP contribution is -2.22. The van der Waals surface area contributed by atoms with E-state index in [0.717, 1.165) is 30.4 Å². The third-order valence-electron chi connectivity index (χ3n) is 3.16. The summed E-state index contributed by atoms with van der Waals surface area (Å²) in [5.41, 5.74) is 1.99. The summed E-state index contributed by atoms with van der Waals surface area (Å²) < 4.78 is 4.56. The minimum atomic E-state index is -0.180. The Hall–Kier alpha value is -2.10. The van der Waals surface area contributed by atoms with Gasteiger partial charge in [0.25, 0.3) is 0 Å². The number of hydrogen-bond donors (Lipinski definition) is 1. The first-order valence-corrected chi connectivity index (χ1v) is 7.22. The van der Waals surface area contributed by atoms with E-state index in [1.165, 1.54) is 7.11 Å². The summed E-state index contributed by atoms with van der Waals surface area (Å²) in [5.74, 6) is -0.259. The number of esters is 1. The van der Waals surface area contributed by atoms with Crippen molar-refractivity contribution >= 4 is 17.4 Å². The van der Waals surface area contributed by atoms with Crippen molar-refractivity contribution < 1.29 is 14.3 Å². The van der Waals surface area contributed by atoms with E-state index in [-0.39, 0.29) is 11.9 Å². The summed E-state index contributed by atoms with van der Waals surface area (Å²) in [7, 11) is 1.39. The number of unbranched alkanes of at least 4 members (excludes halogenated alkanes) is 2. The highest BCUT2D eigenvalue weighted by molar-refractivity contribution is 5.94. The number of ether oxygens (including phenoxy) is 1. The molecule has 0 bridgehead atoms. The number of hydrogen-bond acceptors (Lipinski definition) is 3. The molecule has 114 valence electrons. The van der Waals surface area contributed by atoms with Crippen molar-refractivity contribution in [3.05, 3.63) is 42.0 Å². The molecule has 1 aromatic carbocycles. The zero-order valence-electron chi connectivity index (χ0n) is 12.7. The first-order chi connectivity index (χ1) is 10.1. The van der Waals surface area contributed by atoms with Gasteiger partial charge in [0.05, 0.1) is 7.11 Å². The van der Waals surface area contributed by atoms with Gasteiger partial charge >= 0.3 is 5.97 Å². The number of methoxy groups -OCH3 is 1. The van der Waals surface area contributed by atoms with Crippen LogP contribution in [0.3, 0.4) is 0 Å². The average Bonchev–Trinajstić information content (AvgIpc) is 2.51. The maximum atomic E-state index is 11.8. The number of carbonyl (C=O) groups is 2. The number of amides is 1. The van der Waals surface area contributed by atoms with E-state index in [4.69, 9.17) is 0 Å². The molecule has 1 rings (SSSR count). The van der Waals surface area contributed by atoms with E-state index < -0.39 is 0 Å². The van der Waals surface area contributed by atoms with Crippen LogP contribution in [0.2, 0.25) is 0 Å². The summed E-state index contributed by atoms with van der Waals surface area (Å²) in [6.45, 7) is 2.55. The number of carbonyl (C=O) groups excluding carboxylic acids is 2. The minimum Gasteiger partial charge on any atom is -0.469 e. The largest absolute Gasteiger partial charge is 0.469 e. The molecule has 4 nitrogen and oxygen atoms in total. The molecule has 0 heterocycles. The van der Waals surface area contributed by atoms with Gasteiger partial charge in [0.15, 0.2) is 0 Å². The van der Waals surface area contributed by atoms with Crippen LogP contribution in [0.25, 0.3) is 5.57 Å². The van der Waals surface area contributed by atoms with E-state index >= 15 is 0 Å². The lowest BCUT2D eigenvalue weighted by atomic mass is 10.1. The zero-order chi connectivity index (χ0) is 15.5. The summed E-state index contributed by atoms with van der Waals surface area (Å²) in [6.07, 6.45) is 4.61. The number of allylic oxidation sites excluding steroid dienone is 1. The van der Waals surface area contributed by atoms with Crippen LogP contribution in [0, 0.1) is 0 Å². The quantitative estimate of drug-likeness (QED) is 0.455. The van der Waals surface area contributed by atoms with Gasteiger partial charge in [0, 0.05) is 19.0 Å². The molecular formula is C17H23NO3. The van der Waals surface area contributed by atoms with Gasteiger partial charge in [-0.05, 0) is 30.9 Å². The number of rotatable bonds is 8. The molecule has 1 N–H and O–H groups in total. The normalized spacial score (nSPS) is 11.0. The molecular weight excluding hydrogens is 266 g/mol. The molecule has 0 fully saturated rings. The summed E-state index contributed by atoms with van der Waals surface area (Å²) >= 11 is 0. The second-order valence-electron chi connectivity index (χ2n) is 4.87. The molecule has 0 spiro atoms. The first kappa shape index (κ1) is 17.0. The maximum Gasteiger partial charge on any atom is 0.305 e. The van der Waals surface area contributed by atoms with Gasteiger partial charge in [-0.15, -0.1) is 0 Å². The van der Waals surface area contributed by atoms with Crippen molar-refractivity contribution in [2.75, 3.05) is 13.7 Å². The third kappa shape index (κ3) is 7.30. The lowest BCUT2D eigenvalue weighted by molar-refractivity contribution is -0.140. The summed E-state index contributed by atoms with van der Waals surface area (Å²) in [5, 5.41) is 2.85. The molecule has 0 aliphatic carbocycles. The van der Waals surface area contributed by atoms with Gasteiger partial charge in [-0.1, -0.05) is 36.8 Å². The standard InChI is InChI=1S/C17H23NO3/c1-14(15-9-5-3-6-10-15)13-16(19)18-12-8-4-7-11-17(20)21-2/h3,5-6,9-10,13H,4,7-8,11-12H2,1-2H3,(H,18,19). The zero-order valence-corrected chi connectivity index (χ0v) is 12.7. The monoisotopic (exact) mass is 289 g/mol. The fraction of sp³-hybridized carbons (Fsp3) is 0.412. The van der Waals surface area contributed by atoms with Crippen LogP contribution in [0.4, 0.5) is 0 Å². The van der Waals surface area contributed by atoms with E-state index in [1.807, 2.05) is 37.3 Å². The highest BCUT2D eigenvalue weighted by atomic mass is 16.5. The van der Waals surface area contributed by atoms with E-state index in [2.05, 4.69) is 10.1 Å². The molecule has 21 heavy (non-hydrogen) atoms. The Balaban J connectivity index is 2.21. The lowest BCUT2D eigenvalue weighted by Gasteiger charge is -2.04. The van der Waals surface area contributed by atoms with Crippen LogP contribution < -0.4 is 5.32 Å². The number of benzene rings is 1. The highest BCUT2D eigenvalue weighted by Crippen LogP contribution is 2.12. The molecule has 0 aliphatic rings. The van der Waals surface area contributed by atoms with E-state index in [0.29, 0.717) is 13.0 Å². The predicted molar refractivity (Wildman–Crippen MR) is 83.6 cm³/mol. The van der Waals surface area contributed by atoms with Crippen LogP contribution in [0.5, 0.6) is 0 Å². The molecule has 1 aromatic rings. The van der Waals surface area contributed by atoms with Crippen LogP contribution in [-0.4, -0.2) is 25.5 Å². The van der Waals surface area contributed by atoms with E-state index in [9.17, 15) is 9.59 Å². The Morgan fingerprint density at radius 3 is 2.52 bits per heavy atom. The fourth-order valence-electron chi connectivity index (χ4n) is 1.92. The van der Waals surface area contributed by atoms with Crippen molar-refractivity contribution in [1.29, 1.82) is 0 Å². The van der Waals surface area contributed by atoms with Crippen molar-refractivity contribution in [3.63, 3.8) is 0 Å². The summed E-state index contributed by atoms with van der Waals surface area (Å²) in [4.78, 5) is 22.7. The maximum absolute atomic E-state index is 11.8. The minimum absolute atomic E-state index is 0.0793. The van der Waals surface area contributed by atoms with Crippen molar-refractivity contribution in [1.82, 2.24) is 5.32 Å². The third-order valence-corrected chi connectivity index (χ3v) is 3.16. The molecule has 0 radical (unpaired) electrons. The smallest absolute Gasteiger partial charge is 0.305 e. The van der Waals surface area contributed by atoms with Crippen molar-refractivity contribution in [2.45, 2.75) is 32.6 Å². The predicted octanol–water partition coefficient (Wildman–Crippen LogP) is 2.94. The first-order valence-electron chi connectivity index (χ1n) is 7.22. The van der Waals surface area contributed by atoms with Gasteiger partial charge in [-0.25, -0.2) is 0 Å². The fourth-order valence-corrected chi connectivity index (χ4v) is 1.92. The summed E-state index contributed by atoms with van der Waals surface area (Å²) in [6, 6.07) is 9.81. The van der Waals surface area contributed by atoms with Gasteiger partial charge in [0.2, 0.25) is 5.91 Å². The molecule has 0 aromatic heterocycles. The van der Waals surface area contributed by atoms with Crippen LogP contribution in [-0.2, 0) is 14.3 Å².